The monoisotopic (exact) mass is 471 g/mol. The van der Waals surface area contributed by atoms with Gasteiger partial charge in [0.05, 0.1) is 12.0 Å². The fraction of sp³-hybridized carbons (Fsp3) is 0.462. The summed E-state index contributed by atoms with van der Waals surface area (Å²) in [6, 6.07) is 10.8. The van der Waals surface area contributed by atoms with Crippen molar-refractivity contribution in [2.45, 2.75) is 51.1 Å². The van der Waals surface area contributed by atoms with Crippen LogP contribution in [0.2, 0.25) is 0 Å². The van der Waals surface area contributed by atoms with Crippen LogP contribution in [-0.2, 0) is 6.54 Å². The summed E-state index contributed by atoms with van der Waals surface area (Å²) in [7, 11) is 0. The van der Waals surface area contributed by atoms with Crippen molar-refractivity contribution in [2.24, 2.45) is 5.92 Å². The molecule has 35 heavy (non-hydrogen) atoms. The van der Waals surface area contributed by atoms with Crippen molar-refractivity contribution in [3.8, 4) is 5.69 Å². The first kappa shape index (κ1) is 22.0. The first-order valence-electron chi connectivity index (χ1n) is 12.9. The molecule has 0 spiro atoms. The molecule has 9 nitrogen and oxygen atoms in total. The zero-order valence-corrected chi connectivity index (χ0v) is 20.0. The number of nitrogens with one attached hydrogen (secondary N) is 3. The largest absolute Gasteiger partial charge is 0.364 e. The second-order valence-electron chi connectivity index (χ2n) is 9.70. The Kier molecular flexibility index (Phi) is 6.32. The molecule has 0 radical (unpaired) electrons. The highest BCUT2D eigenvalue weighted by atomic mass is 15.3. The molecule has 1 aromatic carbocycles. The summed E-state index contributed by atoms with van der Waals surface area (Å²) < 4.78 is 4.13. The Hall–Kier alpha value is -3.46. The van der Waals surface area contributed by atoms with Crippen LogP contribution in [0.25, 0.3) is 16.9 Å². The molecule has 1 aliphatic carbocycles. The number of anilines is 2. The van der Waals surface area contributed by atoms with Gasteiger partial charge in [-0.1, -0.05) is 25.0 Å². The molecule has 0 bridgehead atoms. The van der Waals surface area contributed by atoms with Gasteiger partial charge in [0.15, 0.2) is 17.0 Å². The molecule has 9 heteroatoms. The van der Waals surface area contributed by atoms with Gasteiger partial charge >= 0.3 is 0 Å². The van der Waals surface area contributed by atoms with E-state index in [1.165, 1.54) is 44.1 Å². The van der Waals surface area contributed by atoms with Gasteiger partial charge in [0.25, 0.3) is 0 Å². The zero-order valence-electron chi connectivity index (χ0n) is 20.0. The molecule has 1 saturated carbocycles. The first-order valence-corrected chi connectivity index (χ1v) is 12.9. The third kappa shape index (κ3) is 4.86. The number of aromatic nitrogens is 6. The smallest absolute Gasteiger partial charge is 0.226 e. The van der Waals surface area contributed by atoms with E-state index in [2.05, 4.69) is 49.9 Å². The van der Waals surface area contributed by atoms with Gasteiger partial charge in [-0.25, -0.2) is 9.67 Å². The molecule has 0 atom stereocenters. The van der Waals surface area contributed by atoms with Crippen molar-refractivity contribution in [3.63, 3.8) is 0 Å². The Morgan fingerprint density at radius 3 is 2.57 bits per heavy atom. The molecule has 4 heterocycles. The van der Waals surface area contributed by atoms with Crippen LogP contribution in [-0.4, -0.2) is 48.9 Å². The van der Waals surface area contributed by atoms with Crippen molar-refractivity contribution in [3.05, 3.63) is 54.6 Å². The van der Waals surface area contributed by atoms with E-state index in [1.54, 1.807) is 6.20 Å². The van der Waals surface area contributed by atoms with E-state index in [9.17, 15) is 0 Å². The molecule has 3 aromatic heterocycles. The Labute approximate surface area is 205 Å². The third-order valence-corrected chi connectivity index (χ3v) is 7.31. The van der Waals surface area contributed by atoms with Gasteiger partial charge in [-0.05, 0) is 68.5 Å². The van der Waals surface area contributed by atoms with Crippen LogP contribution in [0.5, 0.6) is 0 Å². The second-order valence-corrected chi connectivity index (χ2v) is 9.70. The van der Waals surface area contributed by atoms with E-state index in [-0.39, 0.29) is 0 Å². The van der Waals surface area contributed by atoms with Crippen molar-refractivity contribution in [2.75, 3.05) is 30.3 Å². The van der Waals surface area contributed by atoms with Crippen LogP contribution >= 0.6 is 0 Å². The number of imidazole rings is 1. The molecule has 1 saturated heterocycles. The van der Waals surface area contributed by atoms with E-state index in [4.69, 9.17) is 15.0 Å². The van der Waals surface area contributed by atoms with Crippen LogP contribution in [0, 0.1) is 5.92 Å². The summed E-state index contributed by atoms with van der Waals surface area (Å²) in [4.78, 5) is 14.5. The van der Waals surface area contributed by atoms with E-state index in [0.717, 1.165) is 42.3 Å². The average molecular weight is 472 g/mol. The number of rotatable bonds is 8. The van der Waals surface area contributed by atoms with E-state index in [0.29, 0.717) is 24.5 Å². The fourth-order valence-electron chi connectivity index (χ4n) is 5.26. The minimum absolute atomic E-state index is 0.481. The van der Waals surface area contributed by atoms with Crippen LogP contribution in [0.1, 0.15) is 50.1 Å². The standard InChI is InChI=1S/C26H33N9/c1-2-5-21(4-1)34-18-30-23-24(28-16-19-6-8-22(9-7-19)35-15-3-12-31-35)32-26(33-25(23)34)29-17-20-10-13-27-14-11-20/h3,6-9,12,15,18,20-21,27H,1-2,4-5,10-11,13-14,16-17H2,(H2,28,29,32,33). The number of fused-ring (bicyclic) bond motifs is 1. The molecule has 182 valence electrons. The topological polar surface area (TPSA) is 97.5 Å². The summed E-state index contributed by atoms with van der Waals surface area (Å²) >= 11 is 0. The quantitative estimate of drug-likeness (QED) is 0.355. The predicted molar refractivity (Wildman–Crippen MR) is 138 cm³/mol. The van der Waals surface area contributed by atoms with Gasteiger partial charge in [-0.2, -0.15) is 15.1 Å². The molecule has 0 unspecified atom stereocenters. The van der Waals surface area contributed by atoms with Gasteiger partial charge in [-0.15, -0.1) is 0 Å². The lowest BCUT2D eigenvalue weighted by atomic mass is 9.98. The normalized spacial score (nSPS) is 17.3. The first-order chi connectivity index (χ1) is 17.3. The van der Waals surface area contributed by atoms with E-state index in [1.807, 2.05) is 23.3 Å². The number of nitrogens with zero attached hydrogens (tertiary/aromatic N) is 6. The Morgan fingerprint density at radius 1 is 0.971 bits per heavy atom. The van der Waals surface area contributed by atoms with Gasteiger partial charge in [0.1, 0.15) is 0 Å². The number of piperidine rings is 1. The van der Waals surface area contributed by atoms with Crippen molar-refractivity contribution >= 4 is 22.9 Å². The van der Waals surface area contributed by atoms with Crippen LogP contribution in [0.3, 0.4) is 0 Å². The van der Waals surface area contributed by atoms with Gasteiger partial charge < -0.3 is 20.5 Å². The SMILES string of the molecule is c1cnn(-c2ccc(CNc3nc(NCC4CCNCC4)nc4c3ncn4C3CCCC3)cc2)c1. The number of hydrogen-bond donors (Lipinski definition) is 3. The predicted octanol–water partition coefficient (Wildman–Crippen LogP) is 4.15. The van der Waals surface area contributed by atoms with Gasteiger partial charge in [0, 0.05) is 31.5 Å². The summed E-state index contributed by atoms with van der Waals surface area (Å²) in [5.74, 6) is 2.13. The lowest BCUT2D eigenvalue weighted by Gasteiger charge is -2.23. The maximum atomic E-state index is 4.93. The Morgan fingerprint density at radius 2 is 1.80 bits per heavy atom. The summed E-state index contributed by atoms with van der Waals surface area (Å²) in [5.41, 5.74) is 3.99. The van der Waals surface area contributed by atoms with Gasteiger partial charge in [0.2, 0.25) is 5.95 Å². The fourth-order valence-corrected chi connectivity index (χ4v) is 5.26. The highest BCUT2D eigenvalue weighted by Gasteiger charge is 2.22. The summed E-state index contributed by atoms with van der Waals surface area (Å²) in [6.45, 7) is 3.74. The van der Waals surface area contributed by atoms with Crippen LogP contribution in [0.4, 0.5) is 11.8 Å². The minimum Gasteiger partial charge on any atom is -0.364 e. The van der Waals surface area contributed by atoms with Crippen LogP contribution in [0.15, 0.2) is 49.1 Å². The lowest BCUT2D eigenvalue weighted by molar-refractivity contribution is 0.389. The van der Waals surface area contributed by atoms with Crippen molar-refractivity contribution < 1.29 is 0 Å². The van der Waals surface area contributed by atoms with E-state index >= 15 is 0 Å². The zero-order chi connectivity index (χ0) is 23.5. The lowest BCUT2D eigenvalue weighted by Crippen LogP contribution is -2.31. The highest BCUT2D eigenvalue weighted by Crippen LogP contribution is 2.33. The number of hydrogen-bond acceptors (Lipinski definition) is 7. The molecule has 3 N–H and O–H groups in total. The molecular weight excluding hydrogens is 438 g/mol. The molecule has 6 rings (SSSR count). The highest BCUT2D eigenvalue weighted by molar-refractivity contribution is 5.84. The molecule has 1 aliphatic heterocycles. The Bertz CT molecular complexity index is 1230. The maximum absolute atomic E-state index is 4.93. The summed E-state index contributed by atoms with van der Waals surface area (Å²) in [6.07, 6.45) is 13.0. The van der Waals surface area contributed by atoms with Crippen molar-refractivity contribution in [1.82, 2.24) is 34.6 Å². The van der Waals surface area contributed by atoms with Crippen LogP contribution < -0.4 is 16.0 Å². The number of benzene rings is 1. The average Bonchev–Trinajstić information content (AvgIpc) is 3.69. The summed E-state index contributed by atoms with van der Waals surface area (Å²) in [5, 5.41) is 14.8. The van der Waals surface area contributed by atoms with Gasteiger partial charge in [-0.3, -0.25) is 0 Å². The maximum Gasteiger partial charge on any atom is 0.226 e. The molecule has 2 fully saturated rings. The Balaban J connectivity index is 1.23. The van der Waals surface area contributed by atoms with Crippen molar-refractivity contribution in [1.29, 1.82) is 0 Å². The molecular formula is C26H33N9. The minimum atomic E-state index is 0.481. The third-order valence-electron chi connectivity index (χ3n) is 7.31. The molecule has 4 aromatic rings. The second kappa shape index (κ2) is 10.0. The molecule has 0 amide bonds. The van der Waals surface area contributed by atoms with E-state index < -0.39 is 0 Å². The molecule has 2 aliphatic rings.